The predicted molar refractivity (Wildman–Crippen MR) is 96.6 cm³/mol. The van der Waals surface area contributed by atoms with Crippen molar-refractivity contribution in [3.63, 3.8) is 0 Å². The van der Waals surface area contributed by atoms with Gasteiger partial charge in [0, 0.05) is 0 Å². The summed E-state index contributed by atoms with van der Waals surface area (Å²) in [4.78, 5) is 36.8. The number of fused-ring (bicyclic) bond motifs is 1. The van der Waals surface area contributed by atoms with Crippen LogP contribution in [0, 0.1) is 6.92 Å². The molecule has 1 heterocycles. The molecule has 0 bridgehead atoms. The van der Waals surface area contributed by atoms with Crippen LogP contribution in [0.2, 0.25) is 0 Å². The average Bonchev–Trinajstić information content (AvgIpc) is 2.59. The fraction of sp³-hybridized carbons (Fsp3) is 0.211. The lowest BCUT2D eigenvalue weighted by molar-refractivity contribution is -0.122. The molecule has 6 heteroatoms. The highest BCUT2D eigenvalue weighted by Gasteiger charge is 2.14. The van der Waals surface area contributed by atoms with Crippen molar-refractivity contribution in [2.75, 3.05) is 0 Å². The molecule has 0 saturated carbocycles. The Balaban J connectivity index is 1.83. The van der Waals surface area contributed by atoms with Crippen LogP contribution in [0.5, 0.6) is 0 Å². The first-order valence-electron chi connectivity index (χ1n) is 8.04. The van der Waals surface area contributed by atoms with Gasteiger partial charge in [0.15, 0.2) is 0 Å². The molecule has 0 saturated heterocycles. The predicted octanol–water partition coefficient (Wildman–Crippen LogP) is 1.88. The van der Waals surface area contributed by atoms with Crippen molar-refractivity contribution < 1.29 is 4.79 Å². The van der Waals surface area contributed by atoms with Gasteiger partial charge < -0.3 is 5.32 Å². The first-order valence-corrected chi connectivity index (χ1v) is 8.04. The van der Waals surface area contributed by atoms with E-state index in [0.717, 1.165) is 15.8 Å². The first-order chi connectivity index (χ1) is 12.0. The van der Waals surface area contributed by atoms with Crippen molar-refractivity contribution in [2.24, 2.45) is 0 Å². The second-order valence-electron chi connectivity index (χ2n) is 6.02. The molecule has 6 nitrogen and oxygen atoms in total. The SMILES string of the molecule is Cc1ccccc1C(C)NC(=O)Cn1[nH]c(=O)c2ccccc2c1=O. The third kappa shape index (κ3) is 3.38. The van der Waals surface area contributed by atoms with E-state index in [0.29, 0.717) is 10.8 Å². The van der Waals surface area contributed by atoms with E-state index in [-0.39, 0.29) is 18.5 Å². The minimum atomic E-state index is -0.395. The molecule has 1 unspecified atom stereocenters. The van der Waals surface area contributed by atoms with Crippen LogP contribution >= 0.6 is 0 Å². The quantitative estimate of drug-likeness (QED) is 0.762. The van der Waals surface area contributed by atoms with Crippen molar-refractivity contribution in [1.82, 2.24) is 15.1 Å². The van der Waals surface area contributed by atoms with Crippen LogP contribution in [0.3, 0.4) is 0 Å². The second kappa shape index (κ2) is 6.76. The fourth-order valence-corrected chi connectivity index (χ4v) is 2.94. The molecule has 0 radical (unpaired) electrons. The van der Waals surface area contributed by atoms with E-state index in [1.807, 2.05) is 38.1 Å². The number of hydrogen-bond acceptors (Lipinski definition) is 3. The first kappa shape index (κ1) is 16.7. The minimum Gasteiger partial charge on any atom is -0.348 e. The van der Waals surface area contributed by atoms with Gasteiger partial charge in [0.25, 0.3) is 11.1 Å². The number of nitrogens with zero attached hydrogens (tertiary/aromatic N) is 1. The van der Waals surface area contributed by atoms with Crippen LogP contribution in [-0.4, -0.2) is 15.7 Å². The van der Waals surface area contributed by atoms with Crippen molar-refractivity contribution >= 4 is 16.7 Å². The molecular weight excluding hydrogens is 318 g/mol. The Morgan fingerprint density at radius 1 is 1.08 bits per heavy atom. The highest BCUT2D eigenvalue weighted by atomic mass is 16.2. The third-order valence-electron chi connectivity index (χ3n) is 4.22. The second-order valence-corrected chi connectivity index (χ2v) is 6.02. The average molecular weight is 337 g/mol. The van der Waals surface area contributed by atoms with Gasteiger partial charge in [-0.25, -0.2) is 4.68 Å². The summed E-state index contributed by atoms with van der Waals surface area (Å²) in [6, 6.07) is 14.1. The molecule has 3 aromatic rings. The smallest absolute Gasteiger partial charge is 0.273 e. The van der Waals surface area contributed by atoms with E-state index >= 15 is 0 Å². The number of carbonyl (C=O) groups excluding carboxylic acids is 1. The van der Waals surface area contributed by atoms with Crippen molar-refractivity contribution in [2.45, 2.75) is 26.4 Å². The van der Waals surface area contributed by atoms with Crippen LogP contribution in [0.25, 0.3) is 10.8 Å². The lowest BCUT2D eigenvalue weighted by atomic mass is 10.0. The summed E-state index contributed by atoms with van der Waals surface area (Å²) in [6.07, 6.45) is 0. The molecule has 0 aliphatic rings. The molecule has 128 valence electrons. The molecule has 1 atom stereocenters. The molecule has 2 aromatic carbocycles. The van der Waals surface area contributed by atoms with Crippen LogP contribution in [0.4, 0.5) is 0 Å². The maximum atomic E-state index is 12.4. The Labute approximate surface area is 144 Å². The van der Waals surface area contributed by atoms with Crippen LogP contribution in [0.1, 0.15) is 24.1 Å². The molecule has 2 N–H and O–H groups in total. The Kier molecular flexibility index (Phi) is 4.52. The van der Waals surface area contributed by atoms with Crippen LogP contribution in [-0.2, 0) is 11.3 Å². The molecule has 25 heavy (non-hydrogen) atoms. The Morgan fingerprint density at radius 2 is 1.72 bits per heavy atom. The van der Waals surface area contributed by atoms with Gasteiger partial charge in [0.1, 0.15) is 6.54 Å². The summed E-state index contributed by atoms with van der Waals surface area (Å²) in [5.41, 5.74) is 1.30. The molecular formula is C19H19N3O3. The molecule has 0 fully saturated rings. The fourth-order valence-electron chi connectivity index (χ4n) is 2.94. The van der Waals surface area contributed by atoms with Gasteiger partial charge in [0.05, 0.1) is 16.8 Å². The minimum absolute atomic E-state index is 0.198. The number of rotatable bonds is 4. The zero-order chi connectivity index (χ0) is 18.0. The largest absolute Gasteiger partial charge is 0.348 e. The molecule has 3 rings (SSSR count). The molecule has 0 aliphatic carbocycles. The van der Waals surface area contributed by atoms with Gasteiger partial charge in [-0.1, -0.05) is 36.4 Å². The van der Waals surface area contributed by atoms with Crippen LogP contribution < -0.4 is 16.4 Å². The number of aromatic amines is 1. The van der Waals surface area contributed by atoms with E-state index in [4.69, 9.17) is 0 Å². The summed E-state index contributed by atoms with van der Waals surface area (Å²) in [5, 5.41) is 5.94. The monoisotopic (exact) mass is 337 g/mol. The topological polar surface area (TPSA) is 84.0 Å². The Bertz CT molecular complexity index is 1050. The number of amides is 1. The summed E-state index contributed by atoms with van der Waals surface area (Å²) in [6.45, 7) is 3.62. The number of benzene rings is 2. The maximum Gasteiger partial charge on any atom is 0.273 e. The van der Waals surface area contributed by atoms with Crippen molar-refractivity contribution in [3.05, 3.63) is 80.4 Å². The van der Waals surface area contributed by atoms with E-state index in [2.05, 4.69) is 10.4 Å². The zero-order valence-corrected chi connectivity index (χ0v) is 14.1. The number of H-pyrrole nitrogens is 1. The highest BCUT2D eigenvalue weighted by molar-refractivity contribution is 5.81. The molecule has 1 amide bonds. The lowest BCUT2D eigenvalue weighted by Crippen LogP contribution is -2.37. The highest BCUT2D eigenvalue weighted by Crippen LogP contribution is 2.16. The van der Waals surface area contributed by atoms with E-state index in [9.17, 15) is 14.4 Å². The van der Waals surface area contributed by atoms with Gasteiger partial charge in [-0.15, -0.1) is 0 Å². The number of aryl methyl sites for hydroxylation is 1. The number of aromatic nitrogens is 2. The zero-order valence-electron chi connectivity index (χ0n) is 14.1. The van der Waals surface area contributed by atoms with Gasteiger partial charge >= 0.3 is 0 Å². The molecule has 0 aliphatic heterocycles. The van der Waals surface area contributed by atoms with Gasteiger partial charge in [-0.2, -0.15) is 0 Å². The summed E-state index contributed by atoms with van der Waals surface area (Å²) < 4.78 is 1.05. The number of carbonyl (C=O) groups is 1. The van der Waals surface area contributed by atoms with Gasteiger partial charge in [0.2, 0.25) is 5.91 Å². The summed E-state index contributed by atoms with van der Waals surface area (Å²) >= 11 is 0. The van der Waals surface area contributed by atoms with E-state index in [1.165, 1.54) is 0 Å². The van der Waals surface area contributed by atoms with Gasteiger partial charge in [-0.05, 0) is 37.1 Å². The molecule has 1 aromatic heterocycles. The number of nitrogens with one attached hydrogen (secondary N) is 2. The summed E-state index contributed by atoms with van der Waals surface area (Å²) in [7, 11) is 0. The number of hydrogen-bond donors (Lipinski definition) is 2. The Hall–Kier alpha value is -3.15. The maximum absolute atomic E-state index is 12.4. The van der Waals surface area contributed by atoms with E-state index in [1.54, 1.807) is 24.3 Å². The lowest BCUT2D eigenvalue weighted by Gasteiger charge is -2.17. The van der Waals surface area contributed by atoms with E-state index < -0.39 is 11.1 Å². The van der Waals surface area contributed by atoms with Crippen molar-refractivity contribution in [3.8, 4) is 0 Å². The standard InChI is InChI=1S/C19H19N3O3/c1-12-7-3-4-8-14(12)13(2)20-17(23)11-22-19(25)16-10-6-5-9-15(16)18(24)21-22/h3-10,13H,11H2,1-2H3,(H,20,23)(H,21,24). The van der Waals surface area contributed by atoms with Crippen LogP contribution in [0.15, 0.2) is 58.1 Å². The van der Waals surface area contributed by atoms with Crippen molar-refractivity contribution in [1.29, 1.82) is 0 Å². The Morgan fingerprint density at radius 3 is 2.44 bits per heavy atom. The summed E-state index contributed by atoms with van der Waals surface area (Å²) in [5.74, 6) is -0.344. The molecule has 0 spiro atoms. The third-order valence-corrected chi connectivity index (χ3v) is 4.22. The van der Waals surface area contributed by atoms with Gasteiger partial charge in [-0.3, -0.25) is 19.5 Å². The normalized spacial score (nSPS) is 12.1.